The van der Waals surface area contributed by atoms with Crippen molar-refractivity contribution in [3.8, 4) is 0 Å². The molecule has 0 bridgehead atoms. The second-order valence-electron chi connectivity index (χ2n) is 6.05. The predicted octanol–water partition coefficient (Wildman–Crippen LogP) is 1.24. The highest BCUT2D eigenvalue weighted by molar-refractivity contribution is 5.94. The lowest BCUT2D eigenvalue weighted by Crippen LogP contribution is -2.54. The van der Waals surface area contributed by atoms with Gasteiger partial charge in [-0.25, -0.2) is 4.79 Å². The first kappa shape index (κ1) is 15.0. The summed E-state index contributed by atoms with van der Waals surface area (Å²) in [7, 11) is 4.13. The van der Waals surface area contributed by atoms with Crippen LogP contribution in [0.3, 0.4) is 0 Å². The second-order valence-corrected chi connectivity index (χ2v) is 6.05. The Morgan fingerprint density at radius 2 is 1.78 bits per heavy atom. The standard InChI is InChI=1S/C13H25N3O2/c1-10(2)14-13(18)15-12(17)9-16(3,4)11-7-5-6-8-11/h10-11H,5-9H2,1-4H3,(H-,14,15,17,18)/p+1. The van der Waals surface area contributed by atoms with Crippen LogP contribution in [0.5, 0.6) is 0 Å². The molecule has 1 fully saturated rings. The van der Waals surface area contributed by atoms with Crippen LogP contribution in [-0.2, 0) is 4.79 Å². The number of urea groups is 1. The molecule has 0 spiro atoms. The highest BCUT2D eigenvalue weighted by atomic mass is 16.2. The molecule has 1 aliphatic carbocycles. The summed E-state index contributed by atoms with van der Waals surface area (Å²) in [5, 5.41) is 5.04. The number of rotatable bonds is 4. The minimum atomic E-state index is -0.401. The van der Waals surface area contributed by atoms with Gasteiger partial charge in [0, 0.05) is 6.04 Å². The fraction of sp³-hybridized carbons (Fsp3) is 0.846. The van der Waals surface area contributed by atoms with Gasteiger partial charge in [-0.15, -0.1) is 0 Å². The van der Waals surface area contributed by atoms with Crippen molar-refractivity contribution in [1.82, 2.24) is 10.6 Å². The van der Waals surface area contributed by atoms with Crippen LogP contribution in [0.1, 0.15) is 39.5 Å². The van der Waals surface area contributed by atoms with Gasteiger partial charge in [-0.1, -0.05) is 0 Å². The number of quaternary nitrogens is 1. The van der Waals surface area contributed by atoms with E-state index in [4.69, 9.17) is 0 Å². The summed E-state index contributed by atoms with van der Waals surface area (Å²) in [5.41, 5.74) is 0. The van der Waals surface area contributed by atoms with E-state index in [1.807, 2.05) is 13.8 Å². The number of nitrogens with zero attached hydrogens (tertiary/aromatic N) is 1. The van der Waals surface area contributed by atoms with Crippen LogP contribution in [0.4, 0.5) is 4.79 Å². The Labute approximate surface area is 110 Å². The smallest absolute Gasteiger partial charge is 0.321 e. The molecule has 5 nitrogen and oxygen atoms in total. The van der Waals surface area contributed by atoms with Gasteiger partial charge in [-0.3, -0.25) is 10.1 Å². The van der Waals surface area contributed by atoms with Crippen molar-refractivity contribution in [2.75, 3.05) is 20.6 Å². The molecule has 1 rings (SSSR count). The van der Waals surface area contributed by atoms with Gasteiger partial charge < -0.3 is 9.80 Å². The Balaban J connectivity index is 2.41. The molecule has 0 aromatic heterocycles. The number of amides is 3. The largest absolute Gasteiger partial charge is 0.336 e. The Hall–Kier alpha value is -1.10. The second kappa shape index (κ2) is 6.18. The summed E-state index contributed by atoms with van der Waals surface area (Å²) in [6.45, 7) is 4.08. The van der Waals surface area contributed by atoms with Crippen molar-refractivity contribution in [2.45, 2.75) is 51.6 Å². The quantitative estimate of drug-likeness (QED) is 0.744. The average molecular weight is 256 g/mol. The highest BCUT2D eigenvalue weighted by Crippen LogP contribution is 2.26. The van der Waals surface area contributed by atoms with Gasteiger partial charge in [0.15, 0.2) is 6.54 Å². The summed E-state index contributed by atoms with van der Waals surface area (Å²) >= 11 is 0. The van der Waals surface area contributed by atoms with Gasteiger partial charge >= 0.3 is 6.03 Å². The molecule has 0 aromatic rings. The first-order chi connectivity index (χ1) is 8.31. The van der Waals surface area contributed by atoms with Gasteiger partial charge in [-0.05, 0) is 39.5 Å². The molecule has 0 unspecified atom stereocenters. The molecule has 0 atom stereocenters. The van der Waals surface area contributed by atoms with E-state index in [0.29, 0.717) is 17.1 Å². The van der Waals surface area contributed by atoms with Crippen molar-refractivity contribution >= 4 is 11.9 Å². The van der Waals surface area contributed by atoms with Gasteiger partial charge in [0.2, 0.25) is 0 Å². The number of hydrogen-bond acceptors (Lipinski definition) is 2. The summed E-state index contributed by atoms with van der Waals surface area (Å²) < 4.78 is 0.667. The molecule has 1 aliphatic rings. The number of hydrogen-bond donors (Lipinski definition) is 2. The van der Waals surface area contributed by atoms with Crippen molar-refractivity contribution < 1.29 is 14.1 Å². The minimum absolute atomic E-state index is 0.0372. The third kappa shape index (κ3) is 4.64. The molecule has 0 radical (unpaired) electrons. The zero-order valence-corrected chi connectivity index (χ0v) is 12.0. The Morgan fingerprint density at radius 3 is 2.28 bits per heavy atom. The van der Waals surface area contributed by atoms with Crippen LogP contribution >= 0.6 is 0 Å². The first-order valence-corrected chi connectivity index (χ1v) is 6.74. The van der Waals surface area contributed by atoms with E-state index >= 15 is 0 Å². The van der Waals surface area contributed by atoms with E-state index < -0.39 is 6.03 Å². The van der Waals surface area contributed by atoms with E-state index in [2.05, 4.69) is 24.7 Å². The number of imide groups is 1. The van der Waals surface area contributed by atoms with Gasteiger partial charge in [0.25, 0.3) is 5.91 Å². The van der Waals surface area contributed by atoms with E-state index in [-0.39, 0.29) is 11.9 Å². The number of carbonyl (C=O) groups is 2. The SMILES string of the molecule is CC(C)NC(=O)NC(=O)C[N+](C)(C)C1CCCC1. The van der Waals surface area contributed by atoms with Crippen molar-refractivity contribution in [1.29, 1.82) is 0 Å². The van der Waals surface area contributed by atoms with E-state index in [0.717, 1.165) is 0 Å². The van der Waals surface area contributed by atoms with Crippen molar-refractivity contribution in [3.63, 3.8) is 0 Å². The van der Waals surface area contributed by atoms with Crippen LogP contribution < -0.4 is 10.6 Å². The number of carbonyl (C=O) groups excluding carboxylic acids is 2. The molecule has 0 heterocycles. The van der Waals surface area contributed by atoms with Crippen LogP contribution in [0.2, 0.25) is 0 Å². The summed E-state index contributed by atoms with van der Waals surface area (Å²) in [6, 6.07) is 0.181. The van der Waals surface area contributed by atoms with E-state index in [1.165, 1.54) is 25.7 Å². The molecule has 1 saturated carbocycles. The van der Waals surface area contributed by atoms with Crippen LogP contribution in [0.25, 0.3) is 0 Å². The van der Waals surface area contributed by atoms with E-state index in [1.54, 1.807) is 0 Å². The lowest BCUT2D eigenvalue weighted by Gasteiger charge is -2.35. The molecule has 104 valence electrons. The van der Waals surface area contributed by atoms with Gasteiger partial charge in [0.05, 0.1) is 20.1 Å². The van der Waals surface area contributed by atoms with Crippen LogP contribution in [0.15, 0.2) is 0 Å². The molecule has 0 aromatic carbocycles. The lowest BCUT2D eigenvalue weighted by molar-refractivity contribution is -0.906. The minimum Gasteiger partial charge on any atom is -0.336 e. The highest BCUT2D eigenvalue weighted by Gasteiger charge is 2.33. The summed E-state index contributed by atoms with van der Waals surface area (Å²) in [5.74, 6) is -0.204. The Morgan fingerprint density at radius 1 is 1.22 bits per heavy atom. The Kier molecular flexibility index (Phi) is 5.14. The van der Waals surface area contributed by atoms with Crippen molar-refractivity contribution in [3.05, 3.63) is 0 Å². The molecule has 0 saturated heterocycles. The fourth-order valence-electron chi connectivity index (χ4n) is 2.57. The zero-order valence-electron chi connectivity index (χ0n) is 12.0. The van der Waals surface area contributed by atoms with Gasteiger partial charge in [-0.2, -0.15) is 0 Å². The zero-order chi connectivity index (χ0) is 13.8. The van der Waals surface area contributed by atoms with Crippen LogP contribution in [-0.4, -0.2) is 49.1 Å². The summed E-state index contributed by atoms with van der Waals surface area (Å²) in [4.78, 5) is 23.2. The normalized spacial score (nSPS) is 16.9. The molecule has 18 heavy (non-hydrogen) atoms. The maximum absolute atomic E-state index is 11.8. The lowest BCUT2D eigenvalue weighted by atomic mass is 10.2. The molecule has 5 heteroatoms. The number of nitrogens with one attached hydrogen (secondary N) is 2. The Bertz CT molecular complexity index is 307. The maximum atomic E-state index is 11.8. The third-order valence-electron chi connectivity index (χ3n) is 3.54. The molecule has 0 aliphatic heterocycles. The van der Waals surface area contributed by atoms with Crippen molar-refractivity contribution in [2.24, 2.45) is 0 Å². The molecule has 2 N–H and O–H groups in total. The fourth-order valence-corrected chi connectivity index (χ4v) is 2.57. The summed E-state index contributed by atoms with van der Waals surface area (Å²) in [6.07, 6.45) is 4.86. The first-order valence-electron chi connectivity index (χ1n) is 6.74. The molecule has 3 amide bonds. The molecular weight excluding hydrogens is 230 g/mol. The van der Waals surface area contributed by atoms with Gasteiger partial charge in [0.1, 0.15) is 0 Å². The number of likely N-dealkylation sites (N-methyl/N-ethyl adjacent to an activating group) is 1. The molecular formula is C13H26N3O2+. The predicted molar refractivity (Wildman–Crippen MR) is 71.0 cm³/mol. The monoisotopic (exact) mass is 256 g/mol. The maximum Gasteiger partial charge on any atom is 0.321 e. The van der Waals surface area contributed by atoms with Crippen LogP contribution in [0, 0.1) is 0 Å². The average Bonchev–Trinajstić information content (AvgIpc) is 2.66. The topological polar surface area (TPSA) is 58.2 Å². The third-order valence-corrected chi connectivity index (χ3v) is 3.54. The van der Waals surface area contributed by atoms with E-state index in [9.17, 15) is 9.59 Å².